The van der Waals surface area contributed by atoms with Gasteiger partial charge in [-0.2, -0.15) is 0 Å². The minimum Gasteiger partial charge on any atom is -0.356 e. The van der Waals surface area contributed by atoms with Crippen molar-refractivity contribution in [3.05, 3.63) is 6.07 Å². The van der Waals surface area contributed by atoms with E-state index in [-0.39, 0.29) is 22.4 Å². The average Bonchev–Trinajstić information content (AvgIpc) is 2.79. The second-order valence-corrected chi connectivity index (χ2v) is 9.62. The molecule has 0 spiro atoms. The molecule has 2 amide bonds. The van der Waals surface area contributed by atoms with Crippen molar-refractivity contribution in [2.75, 3.05) is 11.9 Å². The zero-order valence-electron chi connectivity index (χ0n) is 12.1. The van der Waals surface area contributed by atoms with E-state index >= 15 is 0 Å². The van der Waals surface area contributed by atoms with Gasteiger partial charge in [-0.25, -0.2) is 13.6 Å². The Hall–Kier alpha value is -1.10. The molecule has 2 heterocycles. The third-order valence-corrected chi connectivity index (χ3v) is 6.82. The fraction of sp³-hybridized carbons (Fsp3) is 0.500. The van der Waals surface area contributed by atoms with Crippen LogP contribution in [-0.4, -0.2) is 32.0 Å². The first-order valence-corrected chi connectivity index (χ1v) is 9.82. The number of hydrogen-bond donors (Lipinski definition) is 3. The number of sulfonamides is 1. The van der Waals surface area contributed by atoms with Crippen LogP contribution >= 0.6 is 23.1 Å². The molecule has 1 unspecified atom stereocenters. The lowest BCUT2D eigenvalue weighted by atomic mass is 10.2. The Bertz CT molecular complexity index is 696. The quantitative estimate of drug-likeness (QED) is 0.720. The van der Waals surface area contributed by atoms with Gasteiger partial charge in [0.1, 0.15) is 4.21 Å². The molecule has 1 atom stereocenters. The minimum atomic E-state index is -3.80. The van der Waals surface area contributed by atoms with Crippen LogP contribution in [0.15, 0.2) is 14.5 Å². The van der Waals surface area contributed by atoms with Crippen molar-refractivity contribution in [2.24, 2.45) is 11.1 Å². The van der Waals surface area contributed by atoms with Crippen molar-refractivity contribution >= 4 is 50.6 Å². The number of primary sulfonamides is 1. The Morgan fingerprint density at radius 2 is 2.18 bits per heavy atom. The molecule has 1 aromatic rings. The fourth-order valence-corrected chi connectivity index (χ4v) is 5.20. The number of nitrogens with one attached hydrogen (secondary N) is 2. The summed E-state index contributed by atoms with van der Waals surface area (Å²) in [5.74, 6) is -0.179. The number of thiophene rings is 1. The summed E-state index contributed by atoms with van der Waals surface area (Å²) in [6.45, 7) is 4.52. The first kappa shape index (κ1) is 17.3. The molecular weight excluding hydrogens is 346 g/mol. The molecule has 1 aromatic heterocycles. The average molecular weight is 363 g/mol. The van der Waals surface area contributed by atoms with Crippen LogP contribution in [0.3, 0.4) is 0 Å². The summed E-state index contributed by atoms with van der Waals surface area (Å²) in [6.07, 6.45) is 0.0469. The Morgan fingerprint density at radius 1 is 1.50 bits per heavy atom. The molecule has 4 N–H and O–H groups in total. The SMILES string of the molecule is CC(C)CNC(=O)CC1Sc2sc(S(N)(=O)=O)cc2NC1=O. The third-order valence-electron chi connectivity index (χ3n) is 2.83. The summed E-state index contributed by atoms with van der Waals surface area (Å²) in [7, 11) is -3.80. The summed E-state index contributed by atoms with van der Waals surface area (Å²) in [5, 5.41) is 9.89. The molecule has 1 aliphatic heterocycles. The van der Waals surface area contributed by atoms with Crippen LogP contribution < -0.4 is 15.8 Å². The smallest absolute Gasteiger partial charge is 0.247 e. The van der Waals surface area contributed by atoms with E-state index in [1.54, 1.807) is 0 Å². The van der Waals surface area contributed by atoms with Crippen LogP contribution in [0, 0.1) is 5.92 Å². The second-order valence-electron chi connectivity index (χ2n) is 5.31. The zero-order chi connectivity index (χ0) is 16.5. The summed E-state index contributed by atoms with van der Waals surface area (Å²) in [4.78, 5) is 23.8. The van der Waals surface area contributed by atoms with Gasteiger partial charge in [0.2, 0.25) is 21.8 Å². The molecule has 10 heteroatoms. The third kappa shape index (κ3) is 4.22. The number of anilines is 1. The predicted molar refractivity (Wildman–Crippen MR) is 86.4 cm³/mol. The Morgan fingerprint density at radius 3 is 2.77 bits per heavy atom. The highest BCUT2D eigenvalue weighted by Crippen LogP contribution is 2.43. The Labute approximate surface area is 137 Å². The van der Waals surface area contributed by atoms with Gasteiger partial charge in [-0.3, -0.25) is 9.59 Å². The number of hydrogen-bond acceptors (Lipinski definition) is 6. The van der Waals surface area contributed by atoms with E-state index < -0.39 is 15.3 Å². The Kier molecular flexibility index (Phi) is 5.15. The monoisotopic (exact) mass is 363 g/mol. The van der Waals surface area contributed by atoms with Crippen molar-refractivity contribution in [1.82, 2.24) is 5.32 Å². The van der Waals surface area contributed by atoms with Gasteiger partial charge in [0.05, 0.1) is 15.1 Å². The molecule has 122 valence electrons. The van der Waals surface area contributed by atoms with Gasteiger partial charge in [0.15, 0.2) is 0 Å². The summed E-state index contributed by atoms with van der Waals surface area (Å²) >= 11 is 2.19. The first-order valence-electron chi connectivity index (χ1n) is 6.57. The van der Waals surface area contributed by atoms with Gasteiger partial charge in [-0.15, -0.1) is 11.3 Å². The largest absolute Gasteiger partial charge is 0.356 e. The van der Waals surface area contributed by atoms with Crippen molar-refractivity contribution in [3.8, 4) is 0 Å². The van der Waals surface area contributed by atoms with Crippen LogP contribution in [0.25, 0.3) is 0 Å². The lowest BCUT2D eigenvalue weighted by molar-refractivity contribution is -0.124. The van der Waals surface area contributed by atoms with Crippen molar-refractivity contribution < 1.29 is 18.0 Å². The summed E-state index contributed by atoms with van der Waals surface area (Å²) < 4.78 is 23.3. The maximum atomic E-state index is 12.0. The first-order chi connectivity index (χ1) is 10.2. The molecule has 1 aliphatic rings. The van der Waals surface area contributed by atoms with E-state index in [1.807, 2.05) is 13.8 Å². The van der Waals surface area contributed by atoms with Gasteiger partial charge in [0, 0.05) is 13.0 Å². The van der Waals surface area contributed by atoms with Crippen molar-refractivity contribution in [2.45, 2.75) is 33.9 Å². The molecule has 0 saturated carbocycles. The molecule has 0 radical (unpaired) electrons. The highest BCUT2D eigenvalue weighted by Gasteiger charge is 2.31. The normalized spacial score (nSPS) is 18.0. The maximum Gasteiger partial charge on any atom is 0.247 e. The van der Waals surface area contributed by atoms with E-state index in [0.717, 1.165) is 11.3 Å². The summed E-state index contributed by atoms with van der Waals surface area (Å²) in [5.41, 5.74) is 0.433. The number of amides is 2. The van der Waals surface area contributed by atoms with Gasteiger partial charge in [-0.05, 0) is 12.0 Å². The number of fused-ring (bicyclic) bond motifs is 1. The lowest BCUT2D eigenvalue weighted by Crippen LogP contribution is -2.35. The molecule has 22 heavy (non-hydrogen) atoms. The van der Waals surface area contributed by atoms with E-state index in [1.165, 1.54) is 17.8 Å². The Balaban J connectivity index is 2.07. The number of carbonyl (C=O) groups is 2. The van der Waals surface area contributed by atoms with Crippen molar-refractivity contribution in [3.63, 3.8) is 0 Å². The maximum absolute atomic E-state index is 12.0. The van der Waals surface area contributed by atoms with Crippen LogP contribution in [0.5, 0.6) is 0 Å². The number of carbonyl (C=O) groups excluding carboxylic acids is 2. The molecule has 0 bridgehead atoms. The molecule has 0 fully saturated rings. The molecule has 0 aliphatic carbocycles. The topological polar surface area (TPSA) is 118 Å². The van der Waals surface area contributed by atoms with E-state index in [0.29, 0.717) is 22.4 Å². The predicted octanol–water partition coefficient (Wildman–Crippen LogP) is 0.971. The van der Waals surface area contributed by atoms with Crippen LogP contribution in [0.4, 0.5) is 5.69 Å². The van der Waals surface area contributed by atoms with Gasteiger partial charge in [0.25, 0.3) is 0 Å². The molecule has 7 nitrogen and oxygen atoms in total. The highest BCUT2D eigenvalue weighted by atomic mass is 32.3. The minimum absolute atomic E-state index is 0.00444. The van der Waals surface area contributed by atoms with Gasteiger partial charge >= 0.3 is 0 Å². The standard InChI is InChI=1S/C12H17N3O4S3/c1-6(2)5-14-9(16)4-8-11(17)15-7-3-10(22(13,18)19)21-12(7)20-8/h3,6,8H,4-5H2,1-2H3,(H,14,16)(H,15,17)(H2,13,18,19). The van der Waals surface area contributed by atoms with E-state index in [4.69, 9.17) is 5.14 Å². The van der Waals surface area contributed by atoms with Crippen LogP contribution in [-0.2, 0) is 19.6 Å². The number of rotatable bonds is 5. The molecule has 2 rings (SSSR count). The number of thioether (sulfide) groups is 1. The fourth-order valence-electron chi connectivity index (χ4n) is 1.76. The molecule has 0 saturated heterocycles. The van der Waals surface area contributed by atoms with Crippen molar-refractivity contribution in [1.29, 1.82) is 0 Å². The van der Waals surface area contributed by atoms with Crippen LogP contribution in [0.1, 0.15) is 20.3 Å². The molecule has 0 aromatic carbocycles. The van der Waals surface area contributed by atoms with Crippen LogP contribution in [0.2, 0.25) is 0 Å². The zero-order valence-corrected chi connectivity index (χ0v) is 14.5. The van der Waals surface area contributed by atoms with Gasteiger partial charge < -0.3 is 10.6 Å². The van der Waals surface area contributed by atoms with Gasteiger partial charge in [-0.1, -0.05) is 25.6 Å². The van der Waals surface area contributed by atoms with E-state index in [2.05, 4.69) is 10.6 Å². The highest BCUT2D eigenvalue weighted by molar-refractivity contribution is 8.03. The van der Waals surface area contributed by atoms with E-state index in [9.17, 15) is 18.0 Å². The second kappa shape index (κ2) is 6.57. The number of nitrogens with two attached hydrogens (primary N) is 1. The molecular formula is C12H17N3O4S3. The lowest BCUT2D eigenvalue weighted by Gasteiger charge is -2.21. The summed E-state index contributed by atoms with van der Waals surface area (Å²) in [6, 6.07) is 1.34.